The van der Waals surface area contributed by atoms with E-state index in [4.69, 9.17) is 7.67 Å². The van der Waals surface area contributed by atoms with Crippen molar-refractivity contribution in [2.45, 2.75) is 47.6 Å². The quantitative estimate of drug-likeness (QED) is 0.112. The number of carbonyl (C=O) groups is 3. The van der Waals surface area contributed by atoms with Crippen molar-refractivity contribution in [3.8, 4) is 0 Å². The number of ketones is 1. The van der Waals surface area contributed by atoms with E-state index in [1.54, 1.807) is 96.5 Å². The Bertz CT molecular complexity index is 2410. The molecule has 0 fully saturated rings. The summed E-state index contributed by atoms with van der Waals surface area (Å²) in [7, 11) is 0. The monoisotopic (exact) mass is 791 g/mol. The molecule has 0 bridgehead atoms. The Kier molecular flexibility index (Phi) is 13.7. The van der Waals surface area contributed by atoms with Crippen molar-refractivity contribution in [3.05, 3.63) is 131 Å². The maximum absolute atomic E-state index is 14.3. The van der Waals surface area contributed by atoms with Crippen LogP contribution >= 0.6 is 0 Å². The summed E-state index contributed by atoms with van der Waals surface area (Å²) in [4.78, 5) is 53.7. The van der Waals surface area contributed by atoms with Crippen LogP contribution in [0.15, 0.2) is 97.6 Å². The summed E-state index contributed by atoms with van der Waals surface area (Å²) in [5.74, 6) is -2.09. The van der Waals surface area contributed by atoms with E-state index in [0.29, 0.717) is 44.6 Å². The topological polar surface area (TPSA) is 181 Å². The van der Waals surface area contributed by atoms with Gasteiger partial charge in [0.05, 0.1) is 27.6 Å². The summed E-state index contributed by atoms with van der Waals surface area (Å²) in [5.41, 5.74) is 2.90. The summed E-state index contributed by atoms with van der Waals surface area (Å²) in [5, 5.41) is 16.1. The van der Waals surface area contributed by atoms with E-state index in [1.807, 2.05) is 0 Å². The Balaban J connectivity index is 0.000000228. The predicted octanol–water partition coefficient (Wildman–Crippen LogP) is 7.58. The molecule has 2 aromatic heterocycles. The van der Waals surface area contributed by atoms with Gasteiger partial charge in [0.1, 0.15) is 17.7 Å². The number of benzene rings is 4. The molecule has 1 atom stereocenters. The Morgan fingerprint density at radius 2 is 1.07 bits per heavy atom. The first-order valence-electron chi connectivity index (χ1n) is 16.7. The number of fused-ring (bicyclic) bond motifs is 2. The number of carbonyl (C=O) groups excluding carboxylic acids is 3. The number of anilines is 2. The van der Waals surface area contributed by atoms with Crippen LogP contribution in [-0.4, -0.2) is 42.6 Å². The Hall–Kier alpha value is -5.89. The summed E-state index contributed by atoms with van der Waals surface area (Å²) in [6, 6.07) is 18.0. The first-order valence-corrected chi connectivity index (χ1v) is 17.6. The fraction of sp³-hybridized carbons (Fsp3) is 0.225. The fourth-order valence-electron chi connectivity index (χ4n) is 4.84. The Morgan fingerprint density at radius 1 is 0.618 bits per heavy atom. The average molecular weight is 792 g/mol. The standard InChI is InChI=1S/C20H20FN3O2.C20H18FN3O2.Mn.2O/c2*1-20(2,3)19(26)24-13-5-6-15(21)14(11-13)18(25)12-4-7-16-17(10-12)23-9-8-22-16;;;/h4-11,18,25H,1-3H3,(H,24,26);4-11H,1-3H3,(H,24,26);;;. The van der Waals surface area contributed by atoms with Gasteiger partial charge in [-0.25, -0.2) is 8.78 Å². The van der Waals surface area contributed by atoms with Gasteiger partial charge in [-0.2, -0.15) is 0 Å². The molecule has 15 heteroatoms. The first kappa shape index (κ1) is 41.9. The predicted molar refractivity (Wildman–Crippen MR) is 197 cm³/mol. The van der Waals surface area contributed by atoms with Crippen LogP contribution in [0.4, 0.5) is 20.2 Å². The molecule has 55 heavy (non-hydrogen) atoms. The third-order valence-corrected chi connectivity index (χ3v) is 7.92. The van der Waals surface area contributed by atoms with Crippen LogP contribution < -0.4 is 10.6 Å². The number of nitrogens with zero attached hydrogens (tertiary/aromatic N) is 4. The zero-order valence-corrected chi connectivity index (χ0v) is 31.9. The van der Waals surface area contributed by atoms with Crippen LogP contribution in [-0.2, 0) is 32.1 Å². The molecule has 4 aromatic carbocycles. The molecule has 6 aromatic rings. The molecule has 2 amide bonds. The Labute approximate surface area is 321 Å². The molecule has 1 unspecified atom stereocenters. The summed E-state index contributed by atoms with van der Waals surface area (Å²) in [6.07, 6.45) is 5.04. The molecule has 2 heterocycles. The summed E-state index contributed by atoms with van der Waals surface area (Å²) < 4.78 is 45.3. The van der Waals surface area contributed by atoms with Crippen LogP contribution in [0.1, 0.15) is 74.7 Å². The van der Waals surface area contributed by atoms with Gasteiger partial charge in [-0.3, -0.25) is 34.3 Å². The van der Waals surface area contributed by atoms with Gasteiger partial charge >= 0.3 is 22.5 Å². The number of nitrogens with one attached hydrogen (secondary N) is 2. The molecule has 6 rings (SSSR count). The second-order valence-electron chi connectivity index (χ2n) is 14.2. The van der Waals surface area contributed by atoms with Crippen LogP contribution in [0.3, 0.4) is 0 Å². The van der Waals surface area contributed by atoms with E-state index in [0.717, 1.165) is 0 Å². The van der Waals surface area contributed by atoms with Crippen molar-refractivity contribution >= 4 is 51.0 Å². The van der Waals surface area contributed by atoms with Gasteiger partial charge in [-0.05, 0) is 72.3 Å². The van der Waals surface area contributed by atoms with Crippen molar-refractivity contribution in [2.24, 2.45) is 10.8 Å². The third kappa shape index (κ3) is 11.1. The molecule has 12 nitrogen and oxygen atoms in total. The van der Waals surface area contributed by atoms with Gasteiger partial charge in [0, 0.05) is 58.1 Å². The van der Waals surface area contributed by atoms with Gasteiger partial charge in [0.15, 0.2) is 5.78 Å². The molecule has 0 radical (unpaired) electrons. The second-order valence-corrected chi connectivity index (χ2v) is 14.4. The van der Waals surface area contributed by atoms with Crippen LogP contribution in [0, 0.1) is 22.5 Å². The molecule has 0 aliphatic heterocycles. The van der Waals surface area contributed by atoms with E-state index in [2.05, 4.69) is 30.6 Å². The molecule has 0 saturated carbocycles. The molecule has 0 saturated heterocycles. The van der Waals surface area contributed by atoms with Crippen molar-refractivity contribution in [3.63, 3.8) is 0 Å². The number of rotatable bonds is 6. The van der Waals surface area contributed by atoms with Gasteiger partial charge in [0.25, 0.3) is 0 Å². The zero-order valence-electron chi connectivity index (χ0n) is 30.7. The van der Waals surface area contributed by atoms with Gasteiger partial charge in [0.2, 0.25) is 11.8 Å². The first-order chi connectivity index (χ1) is 25.9. The number of aromatic nitrogens is 4. The van der Waals surface area contributed by atoms with E-state index in [9.17, 15) is 28.3 Å². The van der Waals surface area contributed by atoms with E-state index < -0.39 is 49.2 Å². The fourth-order valence-corrected chi connectivity index (χ4v) is 4.84. The van der Waals surface area contributed by atoms with Crippen LogP contribution in [0.5, 0.6) is 0 Å². The SMILES string of the molecule is CC(C)(C)C(=O)Nc1ccc(F)c(C(=O)c2ccc3nccnc3c2)c1.CC(C)(C)C(=O)Nc1ccc(F)c(C(O)c2ccc3nccnc3c2)c1.[O]=[Mn]=[O]. The van der Waals surface area contributed by atoms with Crippen LogP contribution in [0.2, 0.25) is 0 Å². The van der Waals surface area contributed by atoms with Crippen molar-refractivity contribution < 1.29 is 50.8 Å². The average Bonchev–Trinajstić information content (AvgIpc) is 3.15. The normalized spacial score (nSPS) is 11.7. The summed E-state index contributed by atoms with van der Waals surface area (Å²) >= 11 is -1.44. The number of amides is 2. The van der Waals surface area contributed by atoms with Crippen LogP contribution in [0.25, 0.3) is 22.1 Å². The zero-order chi connectivity index (χ0) is 40.5. The molecule has 285 valence electrons. The second kappa shape index (κ2) is 18.0. The van der Waals surface area contributed by atoms with Crippen molar-refractivity contribution in [1.82, 2.24) is 19.9 Å². The molecule has 3 N–H and O–H groups in total. The molecule has 0 aliphatic rings. The van der Waals surface area contributed by atoms with E-state index >= 15 is 0 Å². The van der Waals surface area contributed by atoms with E-state index in [-0.39, 0.29) is 22.9 Å². The Morgan fingerprint density at radius 3 is 1.60 bits per heavy atom. The van der Waals surface area contributed by atoms with E-state index in [1.165, 1.54) is 42.6 Å². The van der Waals surface area contributed by atoms with Crippen molar-refractivity contribution in [2.75, 3.05) is 10.6 Å². The minimum absolute atomic E-state index is 0.0833. The van der Waals surface area contributed by atoms with Gasteiger partial charge < -0.3 is 15.7 Å². The third-order valence-electron chi connectivity index (χ3n) is 7.92. The number of aliphatic hydroxyl groups is 1. The molecular formula is C40H38F2MnN6O6. The van der Waals surface area contributed by atoms with Crippen molar-refractivity contribution in [1.29, 1.82) is 0 Å². The maximum atomic E-state index is 14.3. The number of hydrogen-bond donors (Lipinski definition) is 3. The number of hydrogen-bond acceptors (Lipinski definition) is 10. The minimum atomic E-state index is -1.44. The van der Waals surface area contributed by atoms with Gasteiger partial charge in [-0.15, -0.1) is 0 Å². The number of aliphatic hydroxyl groups excluding tert-OH is 1. The molecule has 0 aliphatic carbocycles. The summed E-state index contributed by atoms with van der Waals surface area (Å²) in [6.45, 7) is 10.7. The van der Waals surface area contributed by atoms with Gasteiger partial charge in [-0.1, -0.05) is 47.6 Å². The molecule has 0 spiro atoms. The number of halogens is 2. The molecular weight excluding hydrogens is 753 g/mol.